The number of rotatable bonds is 4. The highest BCUT2D eigenvalue weighted by molar-refractivity contribution is 5.77. The van der Waals surface area contributed by atoms with Gasteiger partial charge < -0.3 is 10.2 Å². The van der Waals surface area contributed by atoms with E-state index in [0.29, 0.717) is 18.4 Å². The van der Waals surface area contributed by atoms with Gasteiger partial charge in [-0.05, 0) is 73.5 Å². The van der Waals surface area contributed by atoms with Gasteiger partial charge in [-0.3, -0.25) is 4.79 Å². The molecule has 1 aromatic heterocycles. The van der Waals surface area contributed by atoms with E-state index in [4.69, 9.17) is 0 Å². The van der Waals surface area contributed by atoms with Gasteiger partial charge in [0.25, 0.3) is 0 Å². The van der Waals surface area contributed by atoms with Crippen LogP contribution >= 0.6 is 0 Å². The van der Waals surface area contributed by atoms with Crippen molar-refractivity contribution in [3.05, 3.63) is 17.6 Å². The Kier molecular flexibility index (Phi) is 4.63. The Morgan fingerprint density at radius 3 is 2.41 bits per heavy atom. The molecule has 1 aliphatic heterocycles. The van der Waals surface area contributed by atoms with Crippen molar-refractivity contribution < 1.29 is 4.79 Å². The fraction of sp³-hybridized carbons (Fsp3) is 0.792. The third kappa shape index (κ3) is 3.89. The minimum Gasteiger partial charge on any atom is -0.369 e. The van der Waals surface area contributed by atoms with Gasteiger partial charge in [0.2, 0.25) is 5.91 Å². The number of aromatic nitrogens is 2. The normalized spacial score (nSPS) is 32.9. The summed E-state index contributed by atoms with van der Waals surface area (Å²) in [6.45, 7) is 8.83. The maximum absolute atomic E-state index is 12.7. The highest BCUT2D eigenvalue weighted by Crippen LogP contribution is 2.59. The van der Waals surface area contributed by atoms with Crippen molar-refractivity contribution in [3.8, 4) is 0 Å². The molecule has 4 saturated carbocycles. The van der Waals surface area contributed by atoms with Gasteiger partial charge in [-0.1, -0.05) is 20.8 Å². The predicted molar refractivity (Wildman–Crippen MR) is 114 cm³/mol. The Hall–Kier alpha value is -1.65. The van der Waals surface area contributed by atoms with Crippen molar-refractivity contribution in [1.82, 2.24) is 14.9 Å². The fourth-order valence-electron chi connectivity index (χ4n) is 7.06. The summed E-state index contributed by atoms with van der Waals surface area (Å²) in [6, 6.07) is 0. The van der Waals surface area contributed by atoms with Gasteiger partial charge in [0, 0.05) is 25.1 Å². The van der Waals surface area contributed by atoms with Crippen LogP contribution in [0, 0.1) is 28.6 Å². The molecule has 0 spiro atoms. The number of anilines is 1. The lowest BCUT2D eigenvalue weighted by Crippen LogP contribution is -2.49. The lowest BCUT2D eigenvalue weighted by Gasteiger charge is -2.57. The summed E-state index contributed by atoms with van der Waals surface area (Å²) in [5.41, 5.74) is 2.78. The van der Waals surface area contributed by atoms with Crippen LogP contribution in [-0.2, 0) is 17.8 Å². The Morgan fingerprint density at radius 2 is 1.79 bits per heavy atom. The summed E-state index contributed by atoms with van der Waals surface area (Å²) in [6.07, 6.45) is 11.8. The Morgan fingerprint density at radius 1 is 1.14 bits per heavy atom. The van der Waals surface area contributed by atoms with Crippen LogP contribution in [0.2, 0.25) is 0 Å². The van der Waals surface area contributed by atoms with Gasteiger partial charge in [-0.25, -0.2) is 9.97 Å². The highest BCUT2D eigenvalue weighted by atomic mass is 16.2. The zero-order chi connectivity index (χ0) is 20.2. The zero-order valence-corrected chi connectivity index (χ0v) is 18.3. The van der Waals surface area contributed by atoms with E-state index in [1.807, 2.05) is 4.90 Å². The van der Waals surface area contributed by atoms with Gasteiger partial charge in [-0.15, -0.1) is 0 Å². The molecule has 29 heavy (non-hydrogen) atoms. The smallest absolute Gasteiger partial charge is 0.223 e. The molecule has 5 nitrogen and oxygen atoms in total. The number of hydrogen-bond acceptors (Lipinski definition) is 4. The van der Waals surface area contributed by atoms with E-state index >= 15 is 0 Å². The maximum Gasteiger partial charge on any atom is 0.223 e. The molecule has 158 valence electrons. The molecule has 6 rings (SSSR count). The van der Waals surface area contributed by atoms with Gasteiger partial charge >= 0.3 is 0 Å². The predicted octanol–water partition coefficient (Wildman–Crippen LogP) is 4.43. The third-order valence-corrected chi connectivity index (χ3v) is 7.84. The molecule has 0 atom stereocenters. The van der Waals surface area contributed by atoms with Crippen molar-refractivity contribution in [2.24, 2.45) is 28.6 Å². The fourth-order valence-corrected chi connectivity index (χ4v) is 7.06. The SMILES string of the molecule is CC(C)(C)CC(=O)N1CCc2c(ncnc2NCC23CC4CC(CC(C4)C2)C3)C1. The maximum atomic E-state index is 12.7. The molecular formula is C24H36N4O. The molecule has 5 aliphatic rings. The molecule has 4 aliphatic carbocycles. The van der Waals surface area contributed by atoms with Crippen molar-refractivity contribution in [3.63, 3.8) is 0 Å². The number of fused-ring (bicyclic) bond motifs is 1. The summed E-state index contributed by atoms with van der Waals surface area (Å²) in [5.74, 6) is 4.19. The number of hydrogen-bond donors (Lipinski definition) is 1. The van der Waals surface area contributed by atoms with Crippen LogP contribution in [0.25, 0.3) is 0 Å². The average molecular weight is 397 g/mol. The van der Waals surface area contributed by atoms with Crippen LogP contribution in [0.5, 0.6) is 0 Å². The minimum atomic E-state index is 0.0214. The first-order chi connectivity index (χ1) is 13.8. The van der Waals surface area contributed by atoms with Crippen molar-refractivity contribution >= 4 is 11.7 Å². The molecular weight excluding hydrogens is 360 g/mol. The van der Waals surface area contributed by atoms with Crippen LogP contribution in [0.1, 0.15) is 77.0 Å². The molecule has 1 amide bonds. The van der Waals surface area contributed by atoms with Gasteiger partial charge in [-0.2, -0.15) is 0 Å². The summed E-state index contributed by atoms with van der Waals surface area (Å²) in [5, 5.41) is 3.76. The van der Waals surface area contributed by atoms with Gasteiger partial charge in [0.15, 0.2) is 0 Å². The Labute approximate surface area is 175 Å². The molecule has 4 fully saturated rings. The quantitative estimate of drug-likeness (QED) is 0.818. The van der Waals surface area contributed by atoms with Crippen molar-refractivity contribution in [1.29, 1.82) is 0 Å². The number of carbonyl (C=O) groups excluding carboxylic acids is 1. The van der Waals surface area contributed by atoms with Crippen LogP contribution in [0.3, 0.4) is 0 Å². The van der Waals surface area contributed by atoms with E-state index in [2.05, 4.69) is 36.1 Å². The highest BCUT2D eigenvalue weighted by Gasteiger charge is 2.50. The van der Waals surface area contributed by atoms with E-state index in [9.17, 15) is 4.79 Å². The molecule has 2 heterocycles. The number of amides is 1. The monoisotopic (exact) mass is 396 g/mol. The number of carbonyl (C=O) groups is 1. The van der Waals surface area contributed by atoms with Crippen molar-refractivity contribution in [2.75, 3.05) is 18.4 Å². The molecule has 1 aromatic rings. The molecule has 0 unspecified atom stereocenters. The first-order valence-electron chi connectivity index (χ1n) is 11.6. The first kappa shape index (κ1) is 19.3. The van der Waals surface area contributed by atoms with Crippen LogP contribution in [0.15, 0.2) is 6.33 Å². The van der Waals surface area contributed by atoms with E-state index in [-0.39, 0.29) is 11.3 Å². The molecule has 1 N–H and O–H groups in total. The third-order valence-electron chi connectivity index (χ3n) is 7.84. The number of nitrogens with zero attached hydrogens (tertiary/aromatic N) is 3. The number of nitrogens with one attached hydrogen (secondary N) is 1. The van der Waals surface area contributed by atoms with E-state index in [0.717, 1.165) is 48.8 Å². The zero-order valence-electron chi connectivity index (χ0n) is 18.3. The van der Waals surface area contributed by atoms with Crippen molar-refractivity contribution in [2.45, 2.75) is 78.7 Å². The minimum absolute atomic E-state index is 0.0214. The van der Waals surface area contributed by atoms with Crippen LogP contribution in [0.4, 0.5) is 5.82 Å². The lowest BCUT2D eigenvalue weighted by molar-refractivity contribution is -0.134. The van der Waals surface area contributed by atoms with Gasteiger partial charge in [0.1, 0.15) is 12.1 Å². The summed E-state index contributed by atoms with van der Waals surface area (Å²) in [4.78, 5) is 23.8. The Bertz CT molecular complexity index is 761. The molecule has 0 aromatic carbocycles. The second kappa shape index (κ2) is 6.95. The second-order valence-corrected chi connectivity index (χ2v) is 11.7. The average Bonchev–Trinajstić information content (AvgIpc) is 2.63. The molecule has 5 heteroatoms. The standard InChI is InChI=1S/C24H36N4O/c1-23(2,3)12-21(29)28-5-4-19-20(13-28)26-15-27-22(19)25-14-24-9-16-6-17(10-24)8-18(7-16)11-24/h15-18H,4-14H2,1-3H3,(H,25,26,27). The first-order valence-corrected chi connectivity index (χ1v) is 11.6. The summed E-state index contributed by atoms with van der Waals surface area (Å²) >= 11 is 0. The molecule has 0 saturated heterocycles. The van der Waals surface area contributed by atoms with E-state index < -0.39 is 0 Å². The molecule has 4 bridgehead atoms. The summed E-state index contributed by atoms with van der Waals surface area (Å²) < 4.78 is 0. The van der Waals surface area contributed by atoms with Gasteiger partial charge in [0.05, 0.1) is 12.2 Å². The molecule has 0 radical (unpaired) electrons. The van der Waals surface area contributed by atoms with Crippen LogP contribution in [-0.4, -0.2) is 33.9 Å². The van der Waals surface area contributed by atoms with Crippen LogP contribution < -0.4 is 5.32 Å². The topological polar surface area (TPSA) is 58.1 Å². The van der Waals surface area contributed by atoms with E-state index in [1.165, 1.54) is 44.1 Å². The largest absolute Gasteiger partial charge is 0.369 e. The Balaban J connectivity index is 1.27. The summed E-state index contributed by atoms with van der Waals surface area (Å²) in [7, 11) is 0. The lowest BCUT2D eigenvalue weighted by atomic mass is 9.49. The second-order valence-electron chi connectivity index (χ2n) is 11.7. The van der Waals surface area contributed by atoms with E-state index in [1.54, 1.807) is 6.33 Å².